The SMILES string of the molecule is CCC(CC)c1cc(CN=C(NCCCN2CCOCC2)NCCc2ccco2)on1. The lowest BCUT2D eigenvalue weighted by atomic mass is 9.99. The van der Waals surface area contributed by atoms with Crippen molar-refractivity contribution in [3.63, 3.8) is 0 Å². The molecule has 1 aliphatic heterocycles. The Morgan fingerprint density at radius 3 is 2.71 bits per heavy atom. The summed E-state index contributed by atoms with van der Waals surface area (Å²) < 4.78 is 16.4. The Balaban J connectivity index is 1.49. The molecule has 0 aliphatic carbocycles. The fraction of sp³-hybridized carbons (Fsp3) is 0.652. The van der Waals surface area contributed by atoms with E-state index >= 15 is 0 Å². The molecule has 0 spiro atoms. The van der Waals surface area contributed by atoms with Crippen molar-refractivity contribution < 1.29 is 13.7 Å². The van der Waals surface area contributed by atoms with Crippen LogP contribution in [-0.4, -0.2) is 62.0 Å². The monoisotopic (exact) mass is 431 g/mol. The highest BCUT2D eigenvalue weighted by Crippen LogP contribution is 2.22. The highest BCUT2D eigenvalue weighted by atomic mass is 16.5. The second-order valence-corrected chi connectivity index (χ2v) is 7.89. The van der Waals surface area contributed by atoms with E-state index in [0.29, 0.717) is 12.5 Å². The van der Waals surface area contributed by atoms with E-state index in [0.717, 1.165) is 94.8 Å². The minimum absolute atomic E-state index is 0.450. The zero-order valence-electron chi connectivity index (χ0n) is 18.9. The number of morpholine rings is 1. The summed E-state index contributed by atoms with van der Waals surface area (Å²) in [5.41, 5.74) is 1.03. The van der Waals surface area contributed by atoms with Gasteiger partial charge in [-0.15, -0.1) is 0 Å². The number of aliphatic imine (C=N–C) groups is 1. The van der Waals surface area contributed by atoms with Gasteiger partial charge < -0.3 is 24.3 Å². The molecule has 0 bridgehead atoms. The van der Waals surface area contributed by atoms with E-state index in [4.69, 9.17) is 18.7 Å². The summed E-state index contributed by atoms with van der Waals surface area (Å²) in [5, 5.41) is 11.1. The van der Waals surface area contributed by atoms with Crippen molar-refractivity contribution in [1.29, 1.82) is 0 Å². The van der Waals surface area contributed by atoms with Crippen LogP contribution in [0.2, 0.25) is 0 Å². The molecule has 1 aliphatic rings. The van der Waals surface area contributed by atoms with E-state index in [1.807, 2.05) is 18.2 Å². The van der Waals surface area contributed by atoms with Crippen LogP contribution < -0.4 is 10.6 Å². The Bertz CT molecular complexity index is 749. The number of aromatic nitrogens is 1. The quantitative estimate of drug-likeness (QED) is 0.303. The van der Waals surface area contributed by atoms with Crippen molar-refractivity contribution in [3.05, 3.63) is 41.7 Å². The largest absolute Gasteiger partial charge is 0.469 e. The molecule has 2 aromatic rings. The maximum absolute atomic E-state index is 5.52. The van der Waals surface area contributed by atoms with Crippen LogP contribution in [0.1, 0.15) is 56.2 Å². The third-order valence-corrected chi connectivity index (χ3v) is 5.67. The third kappa shape index (κ3) is 8.03. The van der Waals surface area contributed by atoms with Gasteiger partial charge >= 0.3 is 0 Å². The van der Waals surface area contributed by atoms with Crippen molar-refractivity contribution >= 4 is 5.96 Å². The predicted molar refractivity (Wildman–Crippen MR) is 121 cm³/mol. The maximum Gasteiger partial charge on any atom is 0.191 e. The van der Waals surface area contributed by atoms with E-state index in [9.17, 15) is 0 Å². The lowest BCUT2D eigenvalue weighted by molar-refractivity contribution is 0.0376. The molecule has 1 fully saturated rings. The third-order valence-electron chi connectivity index (χ3n) is 5.67. The van der Waals surface area contributed by atoms with Gasteiger partial charge in [0.2, 0.25) is 0 Å². The molecule has 8 heteroatoms. The molecule has 0 saturated carbocycles. The highest BCUT2D eigenvalue weighted by molar-refractivity contribution is 5.79. The zero-order chi connectivity index (χ0) is 21.7. The van der Waals surface area contributed by atoms with Crippen molar-refractivity contribution in [2.24, 2.45) is 4.99 Å². The number of rotatable bonds is 12. The number of ether oxygens (including phenoxy) is 1. The fourth-order valence-corrected chi connectivity index (χ4v) is 3.73. The summed E-state index contributed by atoms with van der Waals surface area (Å²) in [6.07, 6.45) is 5.70. The Kier molecular flexibility index (Phi) is 9.92. The van der Waals surface area contributed by atoms with Crippen LogP contribution in [0.4, 0.5) is 0 Å². The molecule has 172 valence electrons. The molecule has 0 amide bonds. The summed E-state index contributed by atoms with van der Waals surface area (Å²) in [4.78, 5) is 7.16. The molecule has 0 aromatic carbocycles. The van der Waals surface area contributed by atoms with Gasteiger partial charge in [0, 0.05) is 44.6 Å². The lowest BCUT2D eigenvalue weighted by Gasteiger charge is -2.26. The first kappa shape index (κ1) is 23.3. The second-order valence-electron chi connectivity index (χ2n) is 7.89. The average molecular weight is 432 g/mol. The molecule has 2 N–H and O–H groups in total. The molecular formula is C23H37N5O3. The topological polar surface area (TPSA) is 88.1 Å². The van der Waals surface area contributed by atoms with E-state index < -0.39 is 0 Å². The molecule has 1 saturated heterocycles. The standard InChI is InChI=1S/C23H37N5O3/c1-3-19(4-2)22-17-21(31-27-22)18-26-23(25-10-8-20-7-5-14-30-20)24-9-6-11-28-12-15-29-16-13-28/h5,7,14,17,19H,3-4,6,8-13,15-16,18H2,1-2H3,(H2,24,25,26). The van der Waals surface area contributed by atoms with Gasteiger partial charge in [-0.2, -0.15) is 0 Å². The van der Waals surface area contributed by atoms with Gasteiger partial charge in [-0.3, -0.25) is 4.90 Å². The first-order chi connectivity index (χ1) is 15.3. The summed E-state index contributed by atoms with van der Waals surface area (Å²) in [6.45, 7) is 11.2. The van der Waals surface area contributed by atoms with Crippen molar-refractivity contribution in [2.45, 2.75) is 52.0 Å². The van der Waals surface area contributed by atoms with Crippen LogP contribution in [0.15, 0.2) is 38.4 Å². The Morgan fingerprint density at radius 2 is 1.97 bits per heavy atom. The van der Waals surface area contributed by atoms with Crippen molar-refractivity contribution in [2.75, 3.05) is 45.9 Å². The van der Waals surface area contributed by atoms with Gasteiger partial charge in [-0.1, -0.05) is 19.0 Å². The average Bonchev–Trinajstić information content (AvgIpc) is 3.49. The van der Waals surface area contributed by atoms with Gasteiger partial charge in [0.15, 0.2) is 11.7 Å². The van der Waals surface area contributed by atoms with Gasteiger partial charge in [0.25, 0.3) is 0 Å². The normalized spacial score (nSPS) is 15.5. The highest BCUT2D eigenvalue weighted by Gasteiger charge is 2.13. The summed E-state index contributed by atoms with van der Waals surface area (Å²) in [7, 11) is 0. The molecule has 3 rings (SSSR count). The lowest BCUT2D eigenvalue weighted by Crippen LogP contribution is -2.41. The molecule has 0 atom stereocenters. The fourth-order valence-electron chi connectivity index (χ4n) is 3.73. The van der Waals surface area contributed by atoms with Crippen molar-refractivity contribution in [3.8, 4) is 0 Å². The van der Waals surface area contributed by atoms with E-state index in [1.54, 1.807) is 6.26 Å². The number of hydrogen-bond donors (Lipinski definition) is 2. The Labute approximate surface area is 185 Å². The van der Waals surface area contributed by atoms with Crippen LogP contribution in [0.5, 0.6) is 0 Å². The summed E-state index contributed by atoms with van der Waals surface area (Å²) >= 11 is 0. The van der Waals surface area contributed by atoms with Crippen LogP contribution in [-0.2, 0) is 17.7 Å². The summed E-state index contributed by atoms with van der Waals surface area (Å²) in [6, 6.07) is 5.94. The van der Waals surface area contributed by atoms with Gasteiger partial charge in [0.1, 0.15) is 12.3 Å². The Hall–Kier alpha value is -2.32. The first-order valence-electron chi connectivity index (χ1n) is 11.6. The van der Waals surface area contributed by atoms with Gasteiger partial charge in [-0.25, -0.2) is 4.99 Å². The predicted octanol–water partition coefficient (Wildman–Crippen LogP) is 3.17. The van der Waals surface area contributed by atoms with Gasteiger partial charge in [0.05, 0.1) is 25.2 Å². The molecule has 2 aromatic heterocycles. The van der Waals surface area contributed by atoms with Crippen LogP contribution in [0, 0.1) is 0 Å². The first-order valence-corrected chi connectivity index (χ1v) is 11.6. The number of nitrogens with one attached hydrogen (secondary N) is 2. The molecule has 31 heavy (non-hydrogen) atoms. The number of hydrogen-bond acceptors (Lipinski definition) is 6. The summed E-state index contributed by atoms with van der Waals surface area (Å²) in [5.74, 6) is 2.99. The van der Waals surface area contributed by atoms with Gasteiger partial charge in [-0.05, 0) is 37.9 Å². The molecule has 0 unspecified atom stereocenters. The number of furan rings is 1. The van der Waals surface area contributed by atoms with Crippen LogP contribution in [0.25, 0.3) is 0 Å². The van der Waals surface area contributed by atoms with Crippen LogP contribution >= 0.6 is 0 Å². The molecule has 3 heterocycles. The number of nitrogens with zero attached hydrogens (tertiary/aromatic N) is 3. The van der Waals surface area contributed by atoms with E-state index in [2.05, 4.69) is 34.5 Å². The van der Waals surface area contributed by atoms with Crippen molar-refractivity contribution in [1.82, 2.24) is 20.7 Å². The van der Waals surface area contributed by atoms with Crippen LogP contribution in [0.3, 0.4) is 0 Å². The zero-order valence-corrected chi connectivity index (χ0v) is 18.9. The van der Waals surface area contributed by atoms with E-state index in [1.165, 1.54) is 0 Å². The minimum Gasteiger partial charge on any atom is -0.469 e. The maximum atomic E-state index is 5.52. The van der Waals surface area contributed by atoms with E-state index in [-0.39, 0.29) is 0 Å². The number of guanidine groups is 1. The Morgan fingerprint density at radius 1 is 1.16 bits per heavy atom. The molecular weight excluding hydrogens is 394 g/mol. The molecule has 0 radical (unpaired) electrons. The molecule has 8 nitrogen and oxygen atoms in total. The minimum atomic E-state index is 0.450. The smallest absolute Gasteiger partial charge is 0.191 e. The second kappa shape index (κ2) is 13.2.